The Hall–Kier alpha value is -2.51. The lowest BCUT2D eigenvalue weighted by Gasteiger charge is -2.29. The summed E-state index contributed by atoms with van der Waals surface area (Å²) in [5, 5.41) is 2.17. The molecule has 3 aromatic heterocycles. The summed E-state index contributed by atoms with van der Waals surface area (Å²) in [7, 11) is 2.13. The number of aromatic nitrogens is 4. The molecule has 4 aromatic rings. The summed E-state index contributed by atoms with van der Waals surface area (Å²) in [6.45, 7) is 2.42. The first-order chi connectivity index (χ1) is 14.1. The molecule has 6 nitrogen and oxygen atoms in total. The van der Waals surface area contributed by atoms with Crippen molar-refractivity contribution in [2.75, 3.05) is 20.1 Å². The van der Waals surface area contributed by atoms with Crippen LogP contribution in [0.5, 0.6) is 0 Å². The number of hydrogen-bond acceptors (Lipinski definition) is 4. The molecule has 0 aliphatic carbocycles. The van der Waals surface area contributed by atoms with Crippen molar-refractivity contribution in [3.63, 3.8) is 0 Å². The Bertz CT molecular complexity index is 1250. The Balaban J connectivity index is 1.62. The molecular weight excluding hydrogens is 430 g/mol. The van der Waals surface area contributed by atoms with E-state index >= 15 is 0 Å². The summed E-state index contributed by atoms with van der Waals surface area (Å²) >= 11 is 3.71. The molecule has 0 N–H and O–H groups in total. The summed E-state index contributed by atoms with van der Waals surface area (Å²) in [4.78, 5) is 24.7. The minimum atomic E-state index is 0.0180. The Labute approximate surface area is 176 Å². The largest absolute Gasteiger partial charge is 0.329 e. The molecule has 0 atom stereocenters. The summed E-state index contributed by atoms with van der Waals surface area (Å²) in [5.41, 5.74) is 2.68. The van der Waals surface area contributed by atoms with Gasteiger partial charge in [0.05, 0.1) is 29.5 Å². The van der Waals surface area contributed by atoms with Gasteiger partial charge in [0, 0.05) is 28.3 Å². The third kappa shape index (κ3) is 3.18. The van der Waals surface area contributed by atoms with Crippen LogP contribution in [0.2, 0.25) is 0 Å². The van der Waals surface area contributed by atoms with Crippen LogP contribution < -0.4 is 5.69 Å². The van der Waals surface area contributed by atoms with Crippen LogP contribution >= 0.6 is 15.9 Å². The maximum atomic E-state index is 13.5. The molecular formula is C22H22BrN5O. The number of rotatable bonds is 3. The van der Waals surface area contributed by atoms with E-state index in [-0.39, 0.29) is 11.7 Å². The quantitative estimate of drug-likeness (QED) is 0.474. The summed E-state index contributed by atoms with van der Waals surface area (Å²) in [6.07, 6.45) is 7.39. The number of hydrogen-bond donors (Lipinski definition) is 0. The highest BCUT2D eigenvalue weighted by atomic mass is 79.9. The third-order valence-electron chi connectivity index (χ3n) is 5.94. The van der Waals surface area contributed by atoms with Crippen molar-refractivity contribution in [2.24, 2.45) is 0 Å². The number of nitrogens with zero attached hydrogens (tertiary/aromatic N) is 5. The topological polar surface area (TPSA) is 56.0 Å². The molecule has 148 valence electrons. The number of pyridine rings is 2. The molecule has 1 aliphatic rings. The van der Waals surface area contributed by atoms with Crippen LogP contribution in [0, 0.1) is 0 Å². The first-order valence-corrected chi connectivity index (χ1v) is 10.7. The summed E-state index contributed by atoms with van der Waals surface area (Å²) in [5.74, 6) is 0. The molecule has 5 rings (SSSR count). The van der Waals surface area contributed by atoms with Crippen molar-refractivity contribution < 1.29 is 0 Å². The van der Waals surface area contributed by atoms with Gasteiger partial charge in [-0.25, -0.2) is 4.79 Å². The second kappa shape index (κ2) is 7.39. The van der Waals surface area contributed by atoms with Gasteiger partial charge in [-0.2, -0.15) is 0 Å². The van der Waals surface area contributed by atoms with E-state index in [4.69, 9.17) is 0 Å². The zero-order chi connectivity index (χ0) is 20.0. The van der Waals surface area contributed by atoms with Gasteiger partial charge in [-0.1, -0.05) is 24.3 Å². The maximum absolute atomic E-state index is 13.5. The predicted molar refractivity (Wildman–Crippen MR) is 118 cm³/mol. The van der Waals surface area contributed by atoms with Crippen molar-refractivity contribution >= 4 is 37.7 Å². The first-order valence-electron chi connectivity index (χ1n) is 9.89. The second-order valence-corrected chi connectivity index (χ2v) is 8.54. The Morgan fingerprint density at radius 1 is 1.10 bits per heavy atom. The zero-order valence-electron chi connectivity index (χ0n) is 16.3. The molecule has 29 heavy (non-hydrogen) atoms. The Kier molecular flexibility index (Phi) is 4.72. The van der Waals surface area contributed by atoms with Gasteiger partial charge in [0.25, 0.3) is 0 Å². The number of likely N-dealkylation sites (tertiary alicyclic amines) is 1. The van der Waals surface area contributed by atoms with Crippen LogP contribution in [0.25, 0.3) is 21.8 Å². The fraction of sp³-hybridized carbons (Fsp3) is 0.318. The minimum Gasteiger partial charge on any atom is -0.306 e. The van der Waals surface area contributed by atoms with E-state index in [1.807, 2.05) is 39.6 Å². The maximum Gasteiger partial charge on any atom is 0.329 e. The van der Waals surface area contributed by atoms with Crippen LogP contribution in [-0.4, -0.2) is 44.1 Å². The van der Waals surface area contributed by atoms with Crippen molar-refractivity contribution in [1.82, 2.24) is 24.0 Å². The molecule has 4 heterocycles. The van der Waals surface area contributed by atoms with Gasteiger partial charge < -0.3 is 4.90 Å². The first kappa shape index (κ1) is 18.5. The lowest BCUT2D eigenvalue weighted by Crippen LogP contribution is -2.36. The SMILES string of the molecule is CN1CCC(n2c(=O)n(Cc3ncc4ccccc4c3Br)c3cnccc32)CC1. The van der Waals surface area contributed by atoms with Gasteiger partial charge in [-0.15, -0.1) is 0 Å². The van der Waals surface area contributed by atoms with Gasteiger partial charge >= 0.3 is 5.69 Å². The van der Waals surface area contributed by atoms with E-state index in [9.17, 15) is 4.79 Å². The van der Waals surface area contributed by atoms with Gasteiger partial charge in [-0.3, -0.25) is 19.1 Å². The minimum absolute atomic E-state index is 0.0180. The standard InChI is InChI=1S/C22H22BrN5O/c1-26-10-7-16(8-11-26)28-19-6-9-24-13-20(19)27(22(28)29)14-18-21(23)17-5-3-2-4-15(17)12-25-18/h2-6,9,12-13,16H,7-8,10-11,14H2,1H3. The van der Waals surface area contributed by atoms with Gasteiger partial charge in [0.15, 0.2) is 0 Å². The van der Waals surface area contributed by atoms with Gasteiger partial charge in [-0.05, 0) is 60.4 Å². The Morgan fingerprint density at radius 2 is 1.90 bits per heavy atom. The van der Waals surface area contributed by atoms with E-state index in [0.717, 1.165) is 57.9 Å². The number of fused-ring (bicyclic) bond motifs is 2. The molecule has 0 amide bonds. The average Bonchev–Trinajstić information content (AvgIpc) is 3.02. The smallest absolute Gasteiger partial charge is 0.306 e. The molecule has 1 aliphatic heterocycles. The van der Waals surface area contributed by atoms with Gasteiger partial charge in [0.2, 0.25) is 0 Å². The molecule has 7 heteroatoms. The monoisotopic (exact) mass is 451 g/mol. The molecule has 1 saturated heterocycles. The molecule has 0 radical (unpaired) electrons. The second-order valence-electron chi connectivity index (χ2n) is 7.74. The van der Waals surface area contributed by atoms with Crippen LogP contribution in [0.3, 0.4) is 0 Å². The zero-order valence-corrected chi connectivity index (χ0v) is 17.8. The molecule has 0 bridgehead atoms. The third-order valence-corrected chi connectivity index (χ3v) is 6.82. The molecule has 0 spiro atoms. The van der Waals surface area contributed by atoms with E-state index in [0.29, 0.717) is 6.54 Å². The fourth-order valence-corrected chi connectivity index (χ4v) is 4.90. The Morgan fingerprint density at radius 3 is 2.72 bits per heavy atom. The molecule has 0 unspecified atom stereocenters. The highest BCUT2D eigenvalue weighted by Gasteiger charge is 2.24. The predicted octanol–water partition coefficient (Wildman–Crippen LogP) is 3.82. The van der Waals surface area contributed by atoms with Crippen LogP contribution in [0.4, 0.5) is 0 Å². The van der Waals surface area contributed by atoms with Crippen LogP contribution in [-0.2, 0) is 6.54 Å². The molecule has 1 fully saturated rings. The highest BCUT2D eigenvalue weighted by molar-refractivity contribution is 9.10. The lowest BCUT2D eigenvalue weighted by molar-refractivity contribution is 0.221. The molecule has 0 saturated carbocycles. The summed E-state index contributed by atoms with van der Waals surface area (Å²) < 4.78 is 4.72. The number of halogens is 1. The molecule has 1 aromatic carbocycles. The average molecular weight is 452 g/mol. The number of imidazole rings is 1. The van der Waals surface area contributed by atoms with Crippen molar-refractivity contribution in [1.29, 1.82) is 0 Å². The van der Waals surface area contributed by atoms with E-state index in [1.165, 1.54) is 0 Å². The van der Waals surface area contributed by atoms with Gasteiger partial charge in [0.1, 0.15) is 0 Å². The summed E-state index contributed by atoms with van der Waals surface area (Å²) in [6, 6.07) is 10.3. The van der Waals surface area contributed by atoms with Crippen LogP contribution in [0.15, 0.2) is 58.2 Å². The van der Waals surface area contributed by atoms with E-state index in [1.54, 1.807) is 12.4 Å². The lowest BCUT2D eigenvalue weighted by atomic mass is 10.1. The fourth-order valence-electron chi connectivity index (χ4n) is 4.31. The van der Waals surface area contributed by atoms with E-state index in [2.05, 4.69) is 43.9 Å². The normalized spacial score (nSPS) is 16.1. The number of benzene rings is 1. The van der Waals surface area contributed by atoms with Crippen LogP contribution in [0.1, 0.15) is 24.6 Å². The van der Waals surface area contributed by atoms with E-state index < -0.39 is 0 Å². The van der Waals surface area contributed by atoms with Crippen molar-refractivity contribution in [3.8, 4) is 0 Å². The van der Waals surface area contributed by atoms with Crippen molar-refractivity contribution in [3.05, 3.63) is 69.6 Å². The highest BCUT2D eigenvalue weighted by Crippen LogP contribution is 2.28. The van der Waals surface area contributed by atoms with Crippen molar-refractivity contribution in [2.45, 2.75) is 25.4 Å². The number of piperidine rings is 1.